The van der Waals surface area contributed by atoms with Crippen LogP contribution in [0.1, 0.15) is 0 Å². The van der Waals surface area contributed by atoms with Crippen LogP contribution in [-0.4, -0.2) is 38.1 Å². The monoisotopic (exact) mass is 254 g/mol. The predicted octanol–water partition coefficient (Wildman–Crippen LogP) is 2.20. The zero-order valence-electron chi connectivity index (χ0n) is 8.41. The Morgan fingerprint density at radius 3 is 2.14 bits per heavy atom. The van der Waals surface area contributed by atoms with Gasteiger partial charge in [-0.2, -0.15) is 0 Å². The Morgan fingerprint density at radius 1 is 1.00 bits per heavy atom. The Bertz CT molecular complexity index is 289. The largest absolute Gasteiger partial charge is 0.369 e. The van der Waals surface area contributed by atoms with Gasteiger partial charge in [-0.3, -0.25) is 0 Å². The van der Waals surface area contributed by atoms with E-state index in [1.165, 1.54) is 5.69 Å². The average Bonchev–Trinajstić information content (AvgIpc) is 2.21. The molecule has 2 nitrogen and oxygen atoms in total. The lowest BCUT2D eigenvalue weighted by atomic mass is 10.2. The summed E-state index contributed by atoms with van der Waals surface area (Å²) in [6.45, 7) is 4.60. The summed E-state index contributed by atoms with van der Waals surface area (Å²) >= 11 is 3.45. The maximum Gasteiger partial charge on any atom is 0.0367 e. The minimum absolute atomic E-state index is 1.14. The van der Waals surface area contributed by atoms with Crippen LogP contribution in [0.15, 0.2) is 28.7 Å². The second kappa shape index (κ2) is 4.32. The van der Waals surface area contributed by atoms with Gasteiger partial charge in [-0.25, -0.2) is 0 Å². The molecule has 3 heteroatoms. The van der Waals surface area contributed by atoms with Gasteiger partial charge in [0.2, 0.25) is 0 Å². The van der Waals surface area contributed by atoms with Gasteiger partial charge in [0.05, 0.1) is 0 Å². The second-order valence-corrected chi connectivity index (χ2v) is 4.68. The minimum atomic E-state index is 1.14. The number of anilines is 1. The highest BCUT2D eigenvalue weighted by atomic mass is 79.9. The Balaban J connectivity index is 2.05. The highest BCUT2D eigenvalue weighted by Crippen LogP contribution is 2.19. The third-order valence-electron chi connectivity index (χ3n) is 2.70. The molecule has 0 aromatic heterocycles. The second-order valence-electron chi connectivity index (χ2n) is 3.77. The molecule has 0 bridgehead atoms. The van der Waals surface area contributed by atoms with Crippen molar-refractivity contribution in [2.24, 2.45) is 0 Å². The first-order chi connectivity index (χ1) is 6.75. The molecule has 1 saturated heterocycles. The van der Waals surface area contributed by atoms with E-state index in [0.717, 1.165) is 30.7 Å². The van der Waals surface area contributed by atoms with Crippen molar-refractivity contribution < 1.29 is 0 Å². The number of likely N-dealkylation sites (N-methyl/N-ethyl adjacent to an activating group) is 1. The fourth-order valence-corrected chi connectivity index (χ4v) is 1.98. The topological polar surface area (TPSA) is 6.48 Å². The van der Waals surface area contributed by atoms with Gasteiger partial charge in [0.1, 0.15) is 0 Å². The van der Waals surface area contributed by atoms with Crippen LogP contribution in [-0.2, 0) is 0 Å². The number of rotatable bonds is 1. The van der Waals surface area contributed by atoms with Crippen LogP contribution in [0.5, 0.6) is 0 Å². The molecule has 1 heterocycles. The van der Waals surface area contributed by atoms with Crippen LogP contribution in [0.4, 0.5) is 5.69 Å². The first-order valence-corrected chi connectivity index (χ1v) is 5.74. The molecule has 1 aromatic carbocycles. The fourth-order valence-electron chi connectivity index (χ4n) is 1.72. The molecular weight excluding hydrogens is 240 g/mol. The zero-order chi connectivity index (χ0) is 9.97. The molecule has 0 unspecified atom stereocenters. The summed E-state index contributed by atoms with van der Waals surface area (Å²) < 4.78 is 1.15. The summed E-state index contributed by atoms with van der Waals surface area (Å²) in [5, 5.41) is 0. The quantitative estimate of drug-likeness (QED) is 0.759. The van der Waals surface area contributed by atoms with Gasteiger partial charge in [-0.15, -0.1) is 0 Å². The van der Waals surface area contributed by atoms with Gasteiger partial charge in [-0.1, -0.05) is 15.9 Å². The SMILES string of the molecule is CN1CCN(c2ccc(Br)cc2)CC1. The molecule has 2 rings (SSSR count). The molecule has 1 fully saturated rings. The van der Waals surface area contributed by atoms with E-state index in [1.54, 1.807) is 0 Å². The predicted molar refractivity (Wildman–Crippen MR) is 63.9 cm³/mol. The minimum Gasteiger partial charge on any atom is -0.369 e. The summed E-state index contributed by atoms with van der Waals surface area (Å²) in [6.07, 6.45) is 0. The number of nitrogens with zero attached hydrogens (tertiary/aromatic N) is 2. The van der Waals surface area contributed by atoms with E-state index in [0.29, 0.717) is 0 Å². The van der Waals surface area contributed by atoms with Gasteiger partial charge < -0.3 is 9.80 Å². The molecule has 14 heavy (non-hydrogen) atoms. The van der Waals surface area contributed by atoms with Crippen LogP contribution >= 0.6 is 15.9 Å². The standard InChI is InChI=1S/C11H15BrN2/c1-13-6-8-14(9-7-13)11-4-2-10(12)3-5-11/h2-5H,6-9H2,1H3. The van der Waals surface area contributed by atoms with Crippen LogP contribution < -0.4 is 4.90 Å². The zero-order valence-corrected chi connectivity index (χ0v) is 10.00. The average molecular weight is 255 g/mol. The van der Waals surface area contributed by atoms with Gasteiger partial charge in [0.15, 0.2) is 0 Å². The van der Waals surface area contributed by atoms with Crippen LogP contribution in [0, 0.1) is 0 Å². The Morgan fingerprint density at radius 2 is 1.57 bits per heavy atom. The van der Waals surface area contributed by atoms with Crippen LogP contribution in [0.2, 0.25) is 0 Å². The van der Waals surface area contributed by atoms with Gasteiger partial charge in [-0.05, 0) is 31.3 Å². The molecule has 0 amide bonds. The Kier molecular flexibility index (Phi) is 3.08. The van der Waals surface area contributed by atoms with E-state index in [2.05, 4.69) is 57.0 Å². The summed E-state index contributed by atoms with van der Waals surface area (Å²) in [7, 11) is 2.18. The van der Waals surface area contributed by atoms with E-state index in [9.17, 15) is 0 Å². The van der Waals surface area contributed by atoms with E-state index < -0.39 is 0 Å². The molecule has 1 aliphatic rings. The van der Waals surface area contributed by atoms with Crippen molar-refractivity contribution in [2.45, 2.75) is 0 Å². The molecule has 0 aliphatic carbocycles. The molecule has 76 valence electrons. The molecule has 0 atom stereocenters. The highest BCUT2D eigenvalue weighted by molar-refractivity contribution is 9.10. The summed E-state index contributed by atoms with van der Waals surface area (Å²) in [5.41, 5.74) is 1.33. The lowest BCUT2D eigenvalue weighted by Gasteiger charge is -2.34. The van der Waals surface area contributed by atoms with Crippen molar-refractivity contribution in [3.05, 3.63) is 28.7 Å². The molecule has 0 N–H and O–H groups in total. The lowest BCUT2D eigenvalue weighted by Crippen LogP contribution is -2.44. The van der Waals surface area contributed by atoms with E-state index in [1.807, 2.05) is 0 Å². The molecule has 1 aliphatic heterocycles. The maximum atomic E-state index is 3.45. The Hall–Kier alpha value is -0.540. The maximum absolute atomic E-state index is 3.45. The van der Waals surface area contributed by atoms with Crippen molar-refractivity contribution in [3.8, 4) is 0 Å². The van der Waals surface area contributed by atoms with Crippen LogP contribution in [0.3, 0.4) is 0 Å². The number of hydrogen-bond acceptors (Lipinski definition) is 2. The summed E-state index contributed by atoms with van der Waals surface area (Å²) in [4.78, 5) is 4.81. The van der Waals surface area contributed by atoms with Gasteiger partial charge in [0.25, 0.3) is 0 Å². The summed E-state index contributed by atoms with van der Waals surface area (Å²) in [6, 6.07) is 8.56. The van der Waals surface area contributed by atoms with Gasteiger partial charge >= 0.3 is 0 Å². The third-order valence-corrected chi connectivity index (χ3v) is 3.22. The van der Waals surface area contributed by atoms with Crippen molar-refractivity contribution in [3.63, 3.8) is 0 Å². The van der Waals surface area contributed by atoms with Gasteiger partial charge in [0, 0.05) is 36.3 Å². The smallest absolute Gasteiger partial charge is 0.0367 e. The van der Waals surface area contributed by atoms with Crippen molar-refractivity contribution in [1.29, 1.82) is 0 Å². The third kappa shape index (κ3) is 2.28. The molecule has 0 saturated carbocycles. The molecule has 1 aromatic rings. The first-order valence-electron chi connectivity index (χ1n) is 4.95. The van der Waals surface area contributed by atoms with Crippen LogP contribution in [0.25, 0.3) is 0 Å². The normalized spacial score (nSPS) is 18.6. The number of halogens is 1. The highest BCUT2D eigenvalue weighted by Gasteiger charge is 2.13. The number of benzene rings is 1. The van der Waals surface area contributed by atoms with E-state index in [-0.39, 0.29) is 0 Å². The molecular formula is C11H15BrN2. The lowest BCUT2D eigenvalue weighted by molar-refractivity contribution is 0.313. The van der Waals surface area contributed by atoms with Crippen molar-refractivity contribution in [1.82, 2.24) is 4.90 Å². The van der Waals surface area contributed by atoms with Crippen molar-refractivity contribution in [2.75, 3.05) is 38.1 Å². The fraction of sp³-hybridized carbons (Fsp3) is 0.455. The van der Waals surface area contributed by atoms with E-state index in [4.69, 9.17) is 0 Å². The Labute approximate surface area is 93.6 Å². The first kappa shape index (κ1) is 9.99. The number of hydrogen-bond donors (Lipinski definition) is 0. The van der Waals surface area contributed by atoms with Crippen molar-refractivity contribution >= 4 is 21.6 Å². The molecule has 0 spiro atoms. The summed E-state index contributed by atoms with van der Waals surface area (Å²) in [5.74, 6) is 0. The molecule has 0 radical (unpaired) electrons. The number of piperazine rings is 1. The van der Waals surface area contributed by atoms with E-state index >= 15 is 0 Å².